The third-order valence-corrected chi connectivity index (χ3v) is 10.6. The van der Waals surface area contributed by atoms with Crippen molar-refractivity contribution in [1.29, 1.82) is 0 Å². The lowest BCUT2D eigenvalue weighted by Gasteiger charge is -2.33. The minimum absolute atomic E-state index is 0.0203. The van der Waals surface area contributed by atoms with Gasteiger partial charge in [0.25, 0.3) is 0 Å². The van der Waals surface area contributed by atoms with Crippen LogP contribution in [0, 0.1) is 17.8 Å². The fourth-order valence-corrected chi connectivity index (χ4v) is 7.50. The molecule has 2 aliphatic carbocycles. The van der Waals surface area contributed by atoms with Crippen LogP contribution in [-0.2, 0) is 20.9 Å². The summed E-state index contributed by atoms with van der Waals surface area (Å²) in [7, 11) is -6.10. The number of H-pyrrole nitrogens is 1. The van der Waals surface area contributed by atoms with E-state index in [-0.39, 0.29) is 23.2 Å². The number of hydrogen-bond donors (Lipinski definition) is 2. The number of para-hydroxylation sites is 1. The molecular weight excluding hydrogens is 614 g/mol. The second-order valence-electron chi connectivity index (χ2n) is 15.0. The Kier molecular flexibility index (Phi) is 8.78. The van der Waals surface area contributed by atoms with E-state index >= 15 is 0 Å². The van der Waals surface area contributed by atoms with Crippen LogP contribution in [0.4, 0.5) is 17.6 Å². The van der Waals surface area contributed by atoms with Gasteiger partial charge in [-0.1, -0.05) is 115 Å². The Hall–Kier alpha value is -3.17. The molecule has 46 heavy (non-hydrogen) atoms. The Morgan fingerprint density at radius 2 is 1.24 bits per heavy atom. The summed E-state index contributed by atoms with van der Waals surface area (Å²) in [5.74, 6) is -6.95. The zero-order valence-corrected chi connectivity index (χ0v) is 28.0. The summed E-state index contributed by atoms with van der Waals surface area (Å²) in [6.07, 6.45) is 1.51. The third kappa shape index (κ3) is 6.37. The molecule has 1 heterocycles. The van der Waals surface area contributed by atoms with Gasteiger partial charge >= 0.3 is 21.3 Å². The van der Waals surface area contributed by atoms with Gasteiger partial charge in [0.15, 0.2) is 0 Å². The molecule has 4 aromatic rings. The summed E-state index contributed by atoms with van der Waals surface area (Å²) in [6, 6.07) is 26.7. The highest BCUT2D eigenvalue weighted by Gasteiger charge is 2.71. The monoisotopic (exact) mass is 657 g/mol. The van der Waals surface area contributed by atoms with Gasteiger partial charge in [-0.15, -0.1) is 0 Å². The van der Waals surface area contributed by atoms with E-state index in [0.717, 1.165) is 6.42 Å². The molecule has 3 unspecified atom stereocenters. The SMILES string of the molecule is CC(C)(C)c1ccc(-c2[nH]c3ccccc3c2-c2ccc(C(C)(C)C)cc2)cc1.O=S(=O)(O)C(F)(F)C(F)(F)C1CC2CCC1C2. The zero-order valence-electron chi connectivity index (χ0n) is 27.2. The lowest BCUT2D eigenvalue weighted by Crippen LogP contribution is -2.52. The summed E-state index contributed by atoms with van der Waals surface area (Å²) < 4.78 is 82.4. The van der Waals surface area contributed by atoms with Crippen LogP contribution in [0.3, 0.4) is 0 Å². The molecule has 2 fully saturated rings. The van der Waals surface area contributed by atoms with Crippen LogP contribution in [0.2, 0.25) is 0 Å². The standard InChI is InChI=1S/C28H31N.C9H12F4O3S/c1-27(2,3)21-15-11-19(12-16-21)25-23-9-7-8-10-24(23)29-26(25)20-13-17-22(18-14-20)28(4,5)6;10-8(11,9(12,13)17(14,15)16)7-4-5-1-2-6(7)3-5/h7-18,29H,1-6H3;5-7H,1-4H2,(H,14,15,16). The van der Waals surface area contributed by atoms with E-state index in [4.69, 9.17) is 4.55 Å². The van der Waals surface area contributed by atoms with E-state index in [1.165, 1.54) is 44.4 Å². The molecule has 1 aromatic heterocycles. The normalized spacial score (nSPS) is 20.5. The van der Waals surface area contributed by atoms with Crippen LogP contribution in [-0.4, -0.2) is 29.1 Å². The minimum Gasteiger partial charge on any atom is -0.354 e. The number of alkyl halides is 4. The van der Waals surface area contributed by atoms with Crippen molar-refractivity contribution < 1.29 is 30.5 Å². The average Bonchev–Trinajstić information content (AvgIpc) is 3.71. The lowest BCUT2D eigenvalue weighted by atomic mass is 9.84. The molecule has 9 heteroatoms. The van der Waals surface area contributed by atoms with Crippen molar-refractivity contribution in [2.75, 3.05) is 0 Å². The largest absolute Gasteiger partial charge is 0.431 e. The molecule has 248 valence electrons. The molecule has 6 rings (SSSR count). The van der Waals surface area contributed by atoms with Crippen LogP contribution < -0.4 is 0 Å². The van der Waals surface area contributed by atoms with Crippen LogP contribution in [0.25, 0.3) is 33.3 Å². The van der Waals surface area contributed by atoms with Crippen molar-refractivity contribution in [1.82, 2.24) is 4.98 Å². The highest BCUT2D eigenvalue weighted by atomic mass is 32.2. The maximum atomic E-state index is 13.6. The van der Waals surface area contributed by atoms with Crippen LogP contribution in [0.15, 0.2) is 72.8 Å². The highest BCUT2D eigenvalue weighted by Crippen LogP contribution is 2.58. The van der Waals surface area contributed by atoms with Crippen molar-refractivity contribution >= 4 is 21.0 Å². The van der Waals surface area contributed by atoms with Gasteiger partial charge in [-0.05, 0) is 70.2 Å². The molecule has 4 nitrogen and oxygen atoms in total. The zero-order chi connectivity index (χ0) is 33.9. The molecular formula is C37H43F4NO3S. The molecule has 3 atom stereocenters. The number of benzene rings is 3. The van der Waals surface area contributed by atoms with Crippen molar-refractivity contribution in [3.05, 3.63) is 83.9 Å². The van der Waals surface area contributed by atoms with Gasteiger partial charge < -0.3 is 4.98 Å². The highest BCUT2D eigenvalue weighted by molar-refractivity contribution is 7.87. The van der Waals surface area contributed by atoms with Gasteiger partial charge in [0, 0.05) is 22.4 Å². The van der Waals surface area contributed by atoms with E-state index < -0.39 is 33.1 Å². The first-order chi connectivity index (χ1) is 21.2. The van der Waals surface area contributed by atoms with Gasteiger partial charge in [0.05, 0.1) is 5.69 Å². The van der Waals surface area contributed by atoms with E-state index in [9.17, 15) is 26.0 Å². The quantitative estimate of drug-likeness (QED) is 0.166. The maximum absolute atomic E-state index is 13.6. The predicted molar refractivity (Wildman–Crippen MR) is 177 cm³/mol. The third-order valence-electron chi connectivity index (χ3n) is 9.70. The van der Waals surface area contributed by atoms with Crippen LogP contribution in [0.5, 0.6) is 0 Å². The molecule has 2 aliphatic rings. The van der Waals surface area contributed by atoms with Gasteiger partial charge in [-0.3, -0.25) is 4.55 Å². The molecule has 0 amide bonds. The first-order valence-corrected chi connectivity index (χ1v) is 17.2. The minimum atomic E-state index is -6.10. The predicted octanol–water partition coefficient (Wildman–Crippen LogP) is 10.6. The Labute approximate surface area is 269 Å². The number of nitrogens with one attached hydrogen (secondary N) is 1. The fourth-order valence-electron chi connectivity index (χ4n) is 7.01. The van der Waals surface area contributed by atoms with Crippen molar-refractivity contribution in [3.63, 3.8) is 0 Å². The number of hydrogen-bond acceptors (Lipinski definition) is 2. The Morgan fingerprint density at radius 1 is 0.717 bits per heavy atom. The van der Waals surface area contributed by atoms with Crippen LogP contribution >= 0.6 is 0 Å². The summed E-state index contributed by atoms with van der Waals surface area (Å²) in [4.78, 5) is 3.68. The number of halogens is 4. The molecule has 0 radical (unpaired) electrons. The van der Waals surface area contributed by atoms with E-state index in [1.54, 1.807) is 0 Å². The summed E-state index contributed by atoms with van der Waals surface area (Å²) in [5.41, 5.74) is 9.16. The van der Waals surface area contributed by atoms with E-state index in [2.05, 4.69) is 119 Å². The summed E-state index contributed by atoms with van der Waals surface area (Å²) >= 11 is 0. The fraction of sp³-hybridized carbons (Fsp3) is 0.459. The number of aromatic amines is 1. The van der Waals surface area contributed by atoms with Crippen LogP contribution in [0.1, 0.15) is 78.4 Å². The molecule has 0 saturated heterocycles. The van der Waals surface area contributed by atoms with E-state index in [1.807, 2.05) is 0 Å². The Balaban J connectivity index is 0.000000209. The molecule has 2 bridgehead atoms. The molecule has 2 saturated carbocycles. The number of aromatic nitrogens is 1. The lowest BCUT2D eigenvalue weighted by molar-refractivity contribution is -0.202. The Morgan fingerprint density at radius 3 is 1.70 bits per heavy atom. The summed E-state index contributed by atoms with van der Waals surface area (Å²) in [6.45, 7) is 13.6. The second-order valence-corrected chi connectivity index (χ2v) is 16.4. The molecule has 3 aromatic carbocycles. The van der Waals surface area contributed by atoms with E-state index in [0.29, 0.717) is 12.8 Å². The topological polar surface area (TPSA) is 70.2 Å². The van der Waals surface area contributed by atoms with Crippen molar-refractivity contribution in [2.24, 2.45) is 17.8 Å². The van der Waals surface area contributed by atoms with Crippen molar-refractivity contribution in [2.45, 2.75) is 89.2 Å². The van der Waals surface area contributed by atoms with Crippen molar-refractivity contribution in [3.8, 4) is 22.4 Å². The molecule has 0 spiro atoms. The number of fused-ring (bicyclic) bond motifs is 3. The van der Waals surface area contributed by atoms with Gasteiger partial charge in [0.2, 0.25) is 0 Å². The average molecular weight is 658 g/mol. The molecule has 2 N–H and O–H groups in total. The van der Waals surface area contributed by atoms with Gasteiger partial charge in [-0.25, -0.2) is 0 Å². The maximum Gasteiger partial charge on any atom is 0.431 e. The van der Waals surface area contributed by atoms with Gasteiger partial charge in [-0.2, -0.15) is 26.0 Å². The van der Waals surface area contributed by atoms with Gasteiger partial charge in [0.1, 0.15) is 0 Å². The second kappa shape index (κ2) is 11.8. The first-order valence-electron chi connectivity index (χ1n) is 15.8. The Bertz CT molecular complexity index is 1800. The molecule has 0 aliphatic heterocycles. The first kappa shape index (κ1) is 34.2. The smallest absolute Gasteiger partial charge is 0.354 e. The summed E-state index contributed by atoms with van der Waals surface area (Å²) in [5, 5.41) is -4.14. The number of rotatable bonds is 5.